The number of rotatable bonds is 2. The first-order valence-electron chi connectivity index (χ1n) is 5.88. The largest absolute Gasteiger partial charge is 0.383 e. The van der Waals surface area contributed by atoms with E-state index in [1.807, 2.05) is 9.80 Å². The van der Waals surface area contributed by atoms with Crippen molar-refractivity contribution in [1.29, 1.82) is 5.26 Å². The average Bonchev–Trinajstić information content (AvgIpc) is 2.42. The highest BCUT2D eigenvalue weighted by Gasteiger charge is 2.20. The number of nitriles is 1. The number of nitrogens with two attached hydrogens (primary N) is 1. The van der Waals surface area contributed by atoms with E-state index in [4.69, 9.17) is 15.2 Å². The van der Waals surface area contributed by atoms with E-state index in [0.717, 1.165) is 26.2 Å². The SMILES string of the molecule is N#C/C(=C(/N)N1CCOCC1)N1CCOCC1. The molecule has 6 heteroatoms. The molecule has 0 aliphatic carbocycles. The maximum atomic E-state index is 9.25. The quantitative estimate of drug-likeness (QED) is 0.641. The summed E-state index contributed by atoms with van der Waals surface area (Å²) in [7, 11) is 0. The fourth-order valence-corrected chi connectivity index (χ4v) is 2.03. The Kier molecular flexibility index (Phi) is 4.07. The molecule has 0 aromatic carbocycles. The molecule has 0 amide bonds. The van der Waals surface area contributed by atoms with E-state index >= 15 is 0 Å². The summed E-state index contributed by atoms with van der Waals surface area (Å²) < 4.78 is 10.5. The van der Waals surface area contributed by atoms with Gasteiger partial charge in [-0.1, -0.05) is 0 Å². The number of morpholine rings is 2. The molecule has 2 saturated heterocycles. The second kappa shape index (κ2) is 5.75. The van der Waals surface area contributed by atoms with E-state index in [1.54, 1.807) is 0 Å². The van der Waals surface area contributed by atoms with E-state index in [1.165, 1.54) is 0 Å². The number of allylic oxidation sites excluding steroid dienone is 1. The number of ether oxygens (including phenoxy) is 2. The van der Waals surface area contributed by atoms with Crippen LogP contribution in [0, 0.1) is 11.3 Å². The zero-order valence-corrected chi connectivity index (χ0v) is 9.89. The van der Waals surface area contributed by atoms with Crippen LogP contribution < -0.4 is 5.73 Å². The van der Waals surface area contributed by atoms with E-state index in [9.17, 15) is 5.26 Å². The van der Waals surface area contributed by atoms with Gasteiger partial charge in [0.15, 0.2) is 5.70 Å². The lowest BCUT2D eigenvalue weighted by Gasteiger charge is -2.33. The minimum absolute atomic E-state index is 0.565. The number of nitrogens with zero attached hydrogens (tertiary/aromatic N) is 3. The van der Waals surface area contributed by atoms with E-state index < -0.39 is 0 Å². The molecule has 0 atom stereocenters. The summed E-state index contributed by atoms with van der Waals surface area (Å²) in [6.07, 6.45) is 0. The lowest BCUT2D eigenvalue weighted by Crippen LogP contribution is -2.43. The van der Waals surface area contributed by atoms with Crippen LogP contribution in [-0.4, -0.2) is 62.4 Å². The van der Waals surface area contributed by atoms with Gasteiger partial charge in [-0.3, -0.25) is 0 Å². The monoisotopic (exact) mass is 238 g/mol. The highest BCUT2D eigenvalue weighted by atomic mass is 16.5. The molecule has 94 valence electrons. The van der Waals surface area contributed by atoms with Crippen molar-refractivity contribution < 1.29 is 9.47 Å². The van der Waals surface area contributed by atoms with Gasteiger partial charge in [-0.25, -0.2) is 0 Å². The van der Waals surface area contributed by atoms with Crippen LogP contribution in [0.15, 0.2) is 11.5 Å². The molecule has 2 fully saturated rings. The van der Waals surface area contributed by atoms with Crippen LogP contribution in [0.5, 0.6) is 0 Å². The normalized spacial score (nSPS) is 23.0. The van der Waals surface area contributed by atoms with Gasteiger partial charge in [0.05, 0.1) is 26.4 Å². The van der Waals surface area contributed by atoms with Crippen molar-refractivity contribution in [2.45, 2.75) is 0 Å². The summed E-state index contributed by atoms with van der Waals surface area (Å²) in [6.45, 7) is 5.61. The summed E-state index contributed by atoms with van der Waals surface area (Å²) >= 11 is 0. The molecule has 0 saturated carbocycles. The average molecular weight is 238 g/mol. The number of hydrogen-bond acceptors (Lipinski definition) is 6. The minimum Gasteiger partial charge on any atom is -0.383 e. The summed E-state index contributed by atoms with van der Waals surface area (Å²) in [6, 6.07) is 2.21. The maximum Gasteiger partial charge on any atom is 0.156 e. The van der Waals surface area contributed by atoms with Crippen LogP contribution in [0.3, 0.4) is 0 Å². The predicted octanol–water partition coefficient (Wildman–Crippen LogP) is -0.698. The van der Waals surface area contributed by atoms with Gasteiger partial charge in [-0.15, -0.1) is 0 Å². The van der Waals surface area contributed by atoms with Crippen LogP contribution in [0.4, 0.5) is 0 Å². The Balaban J connectivity index is 2.10. The molecule has 0 aromatic heterocycles. The first kappa shape index (κ1) is 12.0. The first-order chi connectivity index (χ1) is 8.33. The van der Waals surface area contributed by atoms with Crippen molar-refractivity contribution in [2.24, 2.45) is 5.73 Å². The summed E-state index contributed by atoms with van der Waals surface area (Å²) in [5, 5.41) is 9.25. The second-order valence-corrected chi connectivity index (χ2v) is 4.04. The standard InChI is InChI=1S/C11H18N4O2/c12-9-10(14-1-5-16-6-2-14)11(13)15-3-7-17-8-4-15/h1-8,13H2/b11-10+. The molecular weight excluding hydrogens is 220 g/mol. The van der Waals surface area contributed by atoms with Gasteiger partial charge in [0.2, 0.25) is 0 Å². The summed E-state index contributed by atoms with van der Waals surface area (Å²) in [4.78, 5) is 4.01. The van der Waals surface area contributed by atoms with Crippen LogP contribution in [0.2, 0.25) is 0 Å². The van der Waals surface area contributed by atoms with Crippen LogP contribution in [0.1, 0.15) is 0 Å². The third-order valence-electron chi connectivity index (χ3n) is 3.03. The molecule has 2 N–H and O–H groups in total. The third kappa shape index (κ3) is 2.81. The molecule has 0 aromatic rings. The highest BCUT2D eigenvalue weighted by Crippen LogP contribution is 2.13. The zero-order chi connectivity index (χ0) is 12.1. The first-order valence-corrected chi connectivity index (χ1v) is 5.88. The fourth-order valence-electron chi connectivity index (χ4n) is 2.03. The molecule has 2 aliphatic heterocycles. The Bertz CT molecular complexity index is 325. The van der Waals surface area contributed by atoms with Crippen molar-refractivity contribution >= 4 is 0 Å². The summed E-state index contributed by atoms with van der Waals surface area (Å²) in [5.41, 5.74) is 6.64. The smallest absolute Gasteiger partial charge is 0.156 e. The maximum absolute atomic E-state index is 9.25. The van der Waals surface area contributed by atoms with Gasteiger partial charge in [0.1, 0.15) is 11.9 Å². The number of hydrogen-bond donors (Lipinski definition) is 1. The third-order valence-corrected chi connectivity index (χ3v) is 3.03. The van der Waals surface area contributed by atoms with Gasteiger partial charge in [-0.05, 0) is 0 Å². The van der Waals surface area contributed by atoms with Crippen molar-refractivity contribution in [2.75, 3.05) is 52.6 Å². The van der Waals surface area contributed by atoms with Gasteiger partial charge in [0.25, 0.3) is 0 Å². The van der Waals surface area contributed by atoms with Gasteiger partial charge in [-0.2, -0.15) is 5.26 Å². The van der Waals surface area contributed by atoms with E-state index in [-0.39, 0.29) is 0 Å². The molecule has 17 heavy (non-hydrogen) atoms. The predicted molar refractivity (Wildman–Crippen MR) is 61.6 cm³/mol. The topological polar surface area (TPSA) is 74.8 Å². The van der Waals surface area contributed by atoms with Crippen molar-refractivity contribution in [3.05, 3.63) is 11.5 Å². The molecule has 2 aliphatic rings. The van der Waals surface area contributed by atoms with E-state index in [0.29, 0.717) is 37.9 Å². The molecule has 2 heterocycles. The molecular formula is C11H18N4O2. The molecule has 0 radical (unpaired) electrons. The molecule has 2 rings (SSSR count). The van der Waals surface area contributed by atoms with Gasteiger partial charge in [0, 0.05) is 26.2 Å². The molecule has 0 unspecified atom stereocenters. The van der Waals surface area contributed by atoms with Crippen LogP contribution in [0.25, 0.3) is 0 Å². The molecule has 0 spiro atoms. The lowest BCUT2D eigenvalue weighted by molar-refractivity contribution is 0.0430. The van der Waals surface area contributed by atoms with Crippen molar-refractivity contribution in [3.8, 4) is 6.07 Å². The molecule has 6 nitrogen and oxygen atoms in total. The highest BCUT2D eigenvalue weighted by molar-refractivity contribution is 5.25. The fraction of sp³-hybridized carbons (Fsp3) is 0.727. The van der Waals surface area contributed by atoms with Crippen molar-refractivity contribution in [1.82, 2.24) is 9.80 Å². The Morgan fingerprint density at radius 2 is 1.41 bits per heavy atom. The second-order valence-electron chi connectivity index (χ2n) is 4.04. The summed E-state index contributed by atoms with van der Waals surface area (Å²) in [5.74, 6) is 0.567. The van der Waals surface area contributed by atoms with E-state index in [2.05, 4.69) is 6.07 Å². The van der Waals surface area contributed by atoms with Gasteiger partial charge >= 0.3 is 0 Å². The Hall–Kier alpha value is -1.45. The Morgan fingerprint density at radius 1 is 0.941 bits per heavy atom. The Labute approximate surface area is 101 Å². The Morgan fingerprint density at radius 3 is 1.88 bits per heavy atom. The van der Waals surface area contributed by atoms with Crippen LogP contribution in [-0.2, 0) is 9.47 Å². The minimum atomic E-state index is 0.565. The lowest BCUT2D eigenvalue weighted by atomic mass is 10.3. The van der Waals surface area contributed by atoms with Gasteiger partial charge < -0.3 is 25.0 Å². The molecule has 0 bridgehead atoms. The van der Waals surface area contributed by atoms with Crippen molar-refractivity contribution in [3.63, 3.8) is 0 Å². The van der Waals surface area contributed by atoms with Crippen LogP contribution >= 0.6 is 0 Å². The zero-order valence-electron chi connectivity index (χ0n) is 9.89.